The van der Waals surface area contributed by atoms with Crippen molar-refractivity contribution in [3.63, 3.8) is 0 Å². The average molecular weight is 404 g/mol. The first-order chi connectivity index (χ1) is 14.2. The molecule has 146 valence electrons. The minimum Gasteiger partial charge on any atom is -0.497 e. The molecule has 0 aliphatic heterocycles. The molecule has 2 heterocycles. The summed E-state index contributed by atoms with van der Waals surface area (Å²) in [5, 5.41) is 2.03. The molecule has 0 saturated carbocycles. The van der Waals surface area contributed by atoms with E-state index >= 15 is 0 Å². The third-order valence-electron chi connectivity index (χ3n) is 4.69. The van der Waals surface area contributed by atoms with Crippen LogP contribution >= 0.6 is 11.3 Å². The van der Waals surface area contributed by atoms with Gasteiger partial charge in [-0.2, -0.15) is 0 Å². The number of carbonyl (C=O) groups excluding carboxylic acids is 1. The first-order valence-corrected chi connectivity index (χ1v) is 10.3. The molecule has 4 nitrogen and oxygen atoms in total. The molecule has 0 aliphatic carbocycles. The molecule has 5 heteroatoms. The lowest BCUT2D eigenvalue weighted by molar-refractivity contribution is 0.0528. The summed E-state index contributed by atoms with van der Waals surface area (Å²) < 4.78 is 10.7. The molecule has 4 rings (SSSR count). The summed E-state index contributed by atoms with van der Waals surface area (Å²) in [6, 6.07) is 21.7. The van der Waals surface area contributed by atoms with Crippen molar-refractivity contribution in [2.75, 3.05) is 13.7 Å². The van der Waals surface area contributed by atoms with Crippen molar-refractivity contribution < 1.29 is 14.3 Å². The standard InChI is InChI=1S/C24H21NO3S/c1-3-28-24(26)21-20(16-8-5-4-6-9-16)23(19-10-7-15-29-19)25-22(21)17-11-13-18(27-2)14-12-17/h4-15,25H,3H2,1-2H3. The third kappa shape index (κ3) is 3.69. The van der Waals surface area contributed by atoms with Gasteiger partial charge in [-0.1, -0.05) is 36.4 Å². The average Bonchev–Trinajstić information content (AvgIpc) is 3.42. The van der Waals surface area contributed by atoms with E-state index in [4.69, 9.17) is 9.47 Å². The molecule has 1 N–H and O–H groups in total. The van der Waals surface area contributed by atoms with E-state index < -0.39 is 0 Å². The number of esters is 1. The van der Waals surface area contributed by atoms with Crippen LogP contribution in [0.1, 0.15) is 17.3 Å². The fourth-order valence-corrected chi connectivity index (χ4v) is 4.11. The molecule has 0 atom stereocenters. The molecule has 0 saturated heterocycles. The van der Waals surface area contributed by atoms with Gasteiger partial charge in [-0.15, -0.1) is 11.3 Å². The Kier molecular flexibility index (Phi) is 5.49. The van der Waals surface area contributed by atoms with Gasteiger partial charge in [0, 0.05) is 5.56 Å². The maximum atomic E-state index is 13.1. The molecular formula is C24H21NO3S. The fraction of sp³-hybridized carbons (Fsp3) is 0.125. The monoisotopic (exact) mass is 403 g/mol. The molecule has 0 spiro atoms. The van der Waals surface area contributed by atoms with Crippen molar-refractivity contribution in [2.45, 2.75) is 6.92 Å². The summed E-state index contributed by atoms with van der Waals surface area (Å²) >= 11 is 1.63. The van der Waals surface area contributed by atoms with Crippen molar-refractivity contribution in [1.29, 1.82) is 0 Å². The quantitative estimate of drug-likeness (QED) is 0.386. The highest BCUT2D eigenvalue weighted by Crippen LogP contribution is 2.42. The van der Waals surface area contributed by atoms with Crippen LogP contribution in [0.25, 0.3) is 33.0 Å². The van der Waals surface area contributed by atoms with Gasteiger partial charge in [0.1, 0.15) is 5.75 Å². The van der Waals surface area contributed by atoms with Gasteiger partial charge in [0.25, 0.3) is 0 Å². The van der Waals surface area contributed by atoms with E-state index in [0.717, 1.165) is 38.7 Å². The van der Waals surface area contributed by atoms with Crippen LogP contribution in [-0.2, 0) is 4.74 Å². The SMILES string of the molecule is CCOC(=O)c1c(-c2ccc(OC)cc2)[nH]c(-c2cccs2)c1-c1ccccc1. The zero-order valence-corrected chi connectivity index (χ0v) is 17.1. The normalized spacial score (nSPS) is 10.7. The number of hydrogen-bond acceptors (Lipinski definition) is 4. The third-order valence-corrected chi connectivity index (χ3v) is 5.58. The van der Waals surface area contributed by atoms with E-state index in [1.54, 1.807) is 18.4 Å². The zero-order chi connectivity index (χ0) is 20.2. The molecule has 4 aromatic rings. The Morgan fingerprint density at radius 1 is 0.931 bits per heavy atom. The van der Waals surface area contributed by atoms with Crippen LogP contribution < -0.4 is 4.74 Å². The number of aromatic amines is 1. The Morgan fingerprint density at radius 3 is 2.31 bits per heavy atom. The second kappa shape index (κ2) is 8.37. The minimum absolute atomic E-state index is 0.314. The van der Waals surface area contributed by atoms with Gasteiger partial charge < -0.3 is 14.5 Å². The van der Waals surface area contributed by atoms with Crippen molar-refractivity contribution >= 4 is 17.3 Å². The van der Waals surface area contributed by atoms with Crippen LogP contribution in [0.5, 0.6) is 5.75 Å². The Bertz CT molecular complexity index is 1100. The summed E-state index contributed by atoms with van der Waals surface area (Å²) in [4.78, 5) is 17.7. The van der Waals surface area contributed by atoms with Crippen molar-refractivity contribution in [3.05, 3.63) is 77.7 Å². The Labute approximate surface area is 173 Å². The van der Waals surface area contributed by atoms with Crippen molar-refractivity contribution in [1.82, 2.24) is 4.98 Å². The largest absolute Gasteiger partial charge is 0.497 e. The number of thiophene rings is 1. The Hall–Kier alpha value is -3.31. The van der Waals surface area contributed by atoms with Gasteiger partial charge in [0.05, 0.1) is 35.5 Å². The van der Waals surface area contributed by atoms with Crippen LogP contribution in [0.4, 0.5) is 0 Å². The number of H-pyrrole nitrogens is 1. The number of nitrogens with one attached hydrogen (secondary N) is 1. The topological polar surface area (TPSA) is 51.3 Å². The summed E-state index contributed by atoms with van der Waals surface area (Å²) in [6.45, 7) is 2.13. The smallest absolute Gasteiger partial charge is 0.340 e. The predicted octanol–water partition coefficient (Wildman–Crippen LogP) is 6.26. The fourth-order valence-electron chi connectivity index (χ4n) is 3.38. The van der Waals surface area contributed by atoms with E-state index in [-0.39, 0.29) is 5.97 Å². The van der Waals surface area contributed by atoms with Crippen LogP contribution in [0.3, 0.4) is 0 Å². The van der Waals surface area contributed by atoms with Crippen LogP contribution in [0.2, 0.25) is 0 Å². The summed E-state index contributed by atoms with van der Waals surface area (Å²) in [6.07, 6.45) is 0. The predicted molar refractivity (Wildman–Crippen MR) is 117 cm³/mol. The number of aromatic nitrogens is 1. The summed E-state index contributed by atoms with van der Waals surface area (Å²) in [7, 11) is 1.64. The van der Waals surface area contributed by atoms with Crippen LogP contribution in [0, 0.1) is 0 Å². The first-order valence-electron chi connectivity index (χ1n) is 9.39. The lowest BCUT2D eigenvalue weighted by Crippen LogP contribution is -2.06. The van der Waals surface area contributed by atoms with E-state index in [1.807, 2.05) is 73.0 Å². The number of rotatable bonds is 6. The van der Waals surface area contributed by atoms with Crippen LogP contribution in [0.15, 0.2) is 72.1 Å². The number of carbonyl (C=O) groups is 1. The van der Waals surface area contributed by atoms with Gasteiger partial charge in [0.2, 0.25) is 0 Å². The van der Waals surface area contributed by atoms with Gasteiger partial charge in [-0.25, -0.2) is 4.79 Å². The van der Waals surface area contributed by atoms with Gasteiger partial charge in [-0.3, -0.25) is 0 Å². The highest BCUT2D eigenvalue weighted by molar-refractivity contribution is 7.13. The molecule has 0 unspecified atom stereocenters. The second-order valence-corrected chi connectivity index (χ2v) is 7.36. The molecule has 0 radical (unpaired) electrons. The molecule has 0 bridgehead atoms. The highest BCUT2D eigenvalue weighted by atomic mass is 32.1. The number of hydrogen-bond donors (Lipinski definition) is 1. The van der Waals surface area contributed by atoms with Crippen molar-refractivity contribution in [2.24, 2.45) is 0 Å². The molecule has 29 heavy (non-hydrogen) atoms. The number of benzene rings is 2. The molecule has 0 fully saturated rings. The molecule has 0 amide bonds. The molecule has 2 aromatic carbocycles. The van der Waals surface area contributed by atoms with E-state index in [1.165, 1.54) is 0 Å². The maximum Gasteiger partial charge on any atom is 0.340 e. The number of methoxy groups -OCH3 is 1. The zero-order valence-electron chi connectivity index (χ0n) is 16.3. The van der Waals surface area contributed by atoms with E-state index in [2.05, 4.69) is 11.1 Å². The van der Waals surface area contributed by atoms with Gasteiger partial charge in [0.15, 0.2) is 0 Å². The lowest BCUT2D eigenvalue weighted by atomic mass is 9.97. The number of ether oxygens (including phenoxy) is 2. The Morgan fingerprint density at radius 2 is 1.69 bits per heavy atom. The molecular weight excluding hydrogens is 382 g/mol. The highest BCUT2D eigenvalue weighted by Gasteiger charge is 2.27. The first kappa shape index (κ1) is 19.0. The van der Waals surface area contributed by atoms with Crippen molar-refractivity contribution in [3.8, 4) is 38.7 Å². The molecule has 0 aliphatic rings. The maximum absolute atomic E-state index is 13.1. The summed E-state index contributed by atoms with van der Waals surface area (Å²) in [5.74, 6) is 0.427. The van der Waals surface area contributed by atoms with Crippen LogP contribution in [-0.4, -0.2) is 24.7 Å². The van der Waals surface area contributed by atoms with E-state index in [9.17, 15) is 4.79 Å². The lowest BCUT2D eigenvalue weighted by Gasteiger charge is -2.09. The minimum atomic E-state index is -0.337. The van der Waals surface area contributed by atoms with Gasteiger partial charge >= 0.3 is 5.97 Å². The second-order valence-electron chi connectivity index (χ2n) is 6.42. The molecule has 2 aromatic heterocycles. The Balaban J connectivity index is 2.00. The summed E-state index contributed by atoms with van der Waals surface area (Å²) in [5.41, 5.74) is 4.93. The van der Waals surface area contributed by atoms with E-state index in [0.29, 0.717) is 12.2 Å². The van der Waals surface area contributed by atoms with Gasteiger partial charge in [-0.05, 0) is 53.8 Å².